The molecule has 0 N–H and O–H groups in total. The molecule has 0 radical (unpaired) electrons. The van der Waals surface area contributed by atoms with Gasteiger partial charge in [-0.1, -0.05) is 97.1 Å². The summed E-state index contributed by atoms with van der Waals surface area (Å²) in [7, 11) is 0. The fraction of sp³-hybridized carbons (Fsp3) is 0. The molecule has 0 saturated heterocycles. The minimum absolute atomic E-state index is 0.902. The fourth-order valence-electron chi connectivity index (χ4n) is 6.53. The molecule has 4 heteroatoms. The lowest BCUT2D eigenvalue weighted by atomic mass is 10.0. The number of rotatable bonds is 3. The topological polar surface area (TPSA) is 34.0 Å². The van der Waals surface area contributed by atoms with Gasteiger partial charge in [0.2, 0.25) is 0 Å². The highest BCUT2D eigenvalue weighted by Gasteiger charge is 2.22. The molecule has 0 atom stereocenters. The van der Waals surface area contributed by atoms with Crippen LogP contribution in [0, 0.1) is 0 Å². The maximum absolute atomic E-state index is 4.86. The first-order valence-electron chi connectivity index (χ1n) is 14.8. The predicted octanol–water partition coefficient (Wildman–Crippen LogP) is 10.3. The lowest BCUT2D eigenvalue weighted by Gasteiger charge is -2.28. The molecule has 3 aromatic heterocycles. The van der Waals surface area contributed by atoms with Crippen LogP contribution >= 0.6 is 0 Å². The van der Waals surface area contributed by atoms with Crippen LogP contribution in [0.25, 0.3) is 61.8 Å². The molecule has 1 aliphatic rings. The normalized spacial score (nSPS) is 12.4. The Morgan fingerprint density at radius 2 is 1.27 bits per heavy atom. The molecule has 0 unspecified atom stereocenters. The van der Waals surface area contributed by atoms with Gasteiger partial charge in [0.25, 0.3) is 0 Å². The second-order valence-corrected chi connectivity index (χ2v) is 11.2. The molecule has 1 aliphatic heterocycles. The summed E-state index contributed by atoms with van der Waals surface area (Å²) in [5.74, 6) is 0.902. The van der Waals surface area contributed by atoms with Crippen LogP contribution in [-0.2, 0) is 0 Å². The molecule has 0 spiro atoms. The maximum atomic E-state index is 4.86. The molecule has 4 heterocycles. The van der Waals surface area contributed by atoms with Crippen molar-refractivity contribution >= 4 is 61.8 Å². The van der Waals surface area contributed by atoms with Gasteiger partial charge in [-0.25, -0.2) is 4.98 Å². The highest BCUT2D eigenvalue weighted by Crippen LogP contribution is 2.45. The van der Waals surface area contributed by atoms with Crippen LogP contribution in [0.5, 0.6) is 0 Å². The van der Waals surface area contributed by atoms with Crippen LogP contribution in [0.15, 0.2) is 146 Å². The molecule has 44 heavy (non-hydrogen) atoms. The van der Waals surface area contributed by atoms with Crippen LogP contribution in [0.1, 0.15) is 11.1 Å². The number of para-hydroxylation sites is 2. The second-order valence-electron chi connectivity index (χ2n) is 11.2. The van der Waals surface area contributed by atoms with Crippen LogP contribution < -0.4 is 4.90 Å². The molecule has 0 bridgehead atoms. The quantitative estimate of drug-likeness (QED) is 0.215. The summed E-state index contributed by atoms with van der Waals surface area (Å²) < 4.78 is 2.27. The summed E-state index contributed by atoms with van der Waals surface area (Å²) in [6.07, 6.45) is 8.25. The van der Waals surface area contributed by atoms with Crippen LogP contribution in [0.2, 0.25) is 0 Å². The van der Waals surface area contributed by atoms with Gasteiger partial charge in [0.15, 0.2) is 0 Å². The Balaban J connectivity index is 1.29. The van der Waals surface area contributed by atoms with Crippen molar-refractivity contribution in [3.05, 3.63) is 157 Å². The number of pyridine rings is 2. The van der Waals surface area contributed by atoms with Crippen molar-refractivity contribution in [1.82, 2.24) is 14.5 Å². The van der Waals surface area contributed by atoms with E-state index in [1.54, 1.807) is 0 Å². The molecule has 0 fully saturated rings. The standard InChI is InChI=1S/C40H26N4/c1-2-11-31-26-42-35(23-29(31)10-1)30-19-18-28-17-16-27-9-3-5-13-36(27)43(38(28)24-30)32-20-21-34-33-12-4-6-14-37(33)44(39(34)25-32)40-15-7-8-22-41-40/h1-26H. The molecule has 8 aromatic rings. The highest BCUT2D eigenvalue weighted by atomic mass is 15.2. The summed E-state index contributed by atoms with van der Waals surface area (Å²) in [4.78, 5) is 12.0. The average Bonchev–Trinajstić information content (AvgIpc) is 3.32. The summed E-state index contributed by atoms with van der Waals surface area (Å²) >= 11 is 0. The molecule has 206 valence electrons. The van der Waals surface area contributed by atoms with E-state index in [2.05, 4.69) is 143 Å². The van der Waals surface area contributed by atoms with Gasteiger partial charge in [0.05, 0.1) is 28.1 Å². The largest absolute Gasteiger partial charge is 0.309 e. The van der Waals surface area contributed by atoms with E-state index in [9.17, 15) is 0 Å². The van der Waals surface area contributed by atoms with Crippen molar-refractivity contribution in [3.8, 4) is 17.1 Å². The van der Waals surface area contributed by atoms with E-state index in [-0.39, 0.29) is 0 Å². The second kappa shape index (κ2) is 9.79. The van der Waals surface area contributed by atoms with Gasteiger partial charge >= 0.3 is 0 Å². The molecule has 9 rings (SSSR count). The third-order valence-corrected chi connectivity index (χ3v) is 8.61. The van der Waals surface area contributed by atoms with E-state index in [1.807, 2.05) is 24.5 Å². The molecule has 0 saturated carbocycles. The van der Waals surface area contributed by atoms with Crippen LogP contribution in [0.3, 0.4) is 0 Å². The first kappa shape index (κ1) is 24.6. The van der Waals surface area contributed by atoms with Crippen molar-refractivity contribution in [3.63, 3.8) is 0 Å². The minimum Gasteiger partial charge on any atom is -0.309 e. The first-order chi connectivity index (χ1) is 21.8. The number of hydrogen-bond donors (Lipinski definition) is 0. The smallest absolute Gasteiger partial charge is 0.137 e. The SMILES string of the molecule is C1=Cc2ccc(-c3cc4ccccc4cn3)cc2N(c2ccc3c4ccccc4n(-c4ccccn4)c3c2)c2ccccc21. The Bertz CT molecular complexity index is 2400. The van der Waals surface area contributed by atoms with E-state index in [1.165, 1.54) is 21.7 Å². The van der Waals surface area contributed by atoms with Gasteiger partial charge < -0.3 is 4.90 Å². The fourth-order valence-corrected chi connectivity index (χ4v) is 6.53. The zero-order valence-corrected chi connectivity index (χ0v) is 23.8. The third kappa shape index (κ3) is 3.85. The Morgan fingerprint density at radius 3 is 2.18 bits per heavy atom. The zero-order valence-electron chi connectivity index (χ0n) is 23.8. The van der Waals surface area contributed by atoms with E-state index in [4.69, 9.17) is 9.97 Å². The molecular weight excluding hydrogens is 536 g/mol. The van der Waals surface area contributed by atoms with Crippen molar-refractivity contribution in [2.75, 3.05) is 4.90 Å². The van der Waals surface area contributed by atoms with Crippen molar-refractivity contribution in [1.29, 1.82) is 0 Å². The number of aromatic nitrogens is 3. The highest BCUT2D eigenvalue weighted by molar-refractivity contribution is 6.10. The minimum atomic E-state index is 0.902. The Kier molecular flexibility index (Phi) is 5.47. The van der Waals surface area contributed by atoms with E-state index >= 15 is 0 Å². The van der Waals surface area contributed by atoms with Gasteiger partial charge in [-0.3, -0.25) is 9.55 Å². The van der Waals surface area contributed by atoms with E-state index in [0.29, 0.717) is 0 Å². The number of hydrogen-bond acceptors (Lipinski definition) is 3. The van der Waals surface area contributed by atoms with E-state index in [0.717, 1.165) is 56.1 Å². The summed E-state index contributed by atoms with van der Waals surface area (Å²) in [5.41, 5.74) is 9.93. The monoisotopic (exact) mass is 562 g/mol. The predicted molar refractivity (Wildman–Crippen MR) is 183 cm³/mol. The number of anilines is 3. The Labute approximate surface area is 254 Å². The van der Waals surface area contributed by atoms with Crippen LogP contribution in [-0.4, -0.2) is 14.5 Å². The molecule has 0 amide bonds. The lowest BCUT2D eigenvalue weighted by Crippen LogP contribution is -2.12. The Hall–Kier alpha value is -6.00. The van der Waals surface area contributed by atoms with Gasteiger partial charge in [-0.05, 0) is 65.0 Å². The Morgan fingerprint density at radius 1 is 0.500 bits per heavy atom. The third-order valence-electron chi connectivity index (χ3n) is 8.61. The lowest BCUT2D eigenvalue weighted by molar-refractivity contribution is 1.08. The van der Waals surface area contributed by atoms with E-state index < -0.39 is 0 Å². The van der Waals surface area contributed by atoms with Gasteiger partial charge in [-0.2, -0.15) is 0 Å². The number of fused-ring (bicyclic) bond motifs is 6. The summed E-state index contributed by atoms with van der Waals surface area (Å²) in [6.45, 7) is 0. The molecular formula is C40H26N4. The average molecular weight is 563 g/mol. The zero-order chi connectivity index (χ0) is 29.0. The summed E-state index contributed by atoms with van der Waals surface area (Å²) in [5, 5.41) is 4.73. The molecule has 4 nitrogen and oxygen atoms in total. The maximum Gasteiger partial charge on any atom is 0.137 e. The number of nitrogens with zero attached hydrogens (tertiary/aromatic N) is 4. The molecule has 5 aromatic carbocycles. The van der Waals surface area contributed by atoms with Crippen molar-refractivity contribution < 1.29 is 0 Å². The van der Waals surface area contributed by atoms with Crippen LogP contribution in [0.4, 0.5) is 17.1 Å². The van der Waals surface area contributed by atoms with Gasteiger partial charge in [0.1, 0.15) is 5.82 Å². The van der Waals surface area contributed by atoms with Crippen molar-refractivity contribution in [2.45, 2.75) is 0 Å². The van der Waals surface area contributed by atoms with Gasteiger partial charge in [0, 0.05) is 39.8 Å². The first-order valence-corrected chi connectivity index (χ1v) is 14.8. The molecule has 0 aliphatic carbocycles. The summed E-state index contributed by atoms with van der Waals surface area (Å²) in [6, 6.07) is 47.3. The van der Waals surface area contributed by atoms with Gasteiger partial charge in [-0.15, -0.1) is 0 Å². The van der Waals surface area contributed by atoms with Crippen molar-refractivity contribution in [2.24, 2.45) is 0 Å². The number of benzene rings is 5.